The third-order valence-electron chi connectivity index (χ3n) is 5.98. The average Bonchev–Trinajstić information content (AvgIpc) is 3.24. The number of nitrogens with one attached hydrogen (secondary N) is 1. The summed E-state index contributed by atoms with van der Waals surface area (Å²) in [7, 11) is 3.22. The summed E-state index contributed by atoms with van der Waals surface area (Å²) in [5.41, 5.74) is 0.520. The molecule has 0 unspecified atom stereocenters. The molecule has 3 rings (SSSR count). The van der Waals surface area contributed by atoms with Crippen LogP contribution in [0.1, 0.15) is 54.0 Å². The van der Waals surface area contributed by atoms with Crippen molar-refractivity contribution in [3.8, 4) is 11.5 Å². The molecule has 0 spiro atoms. The maximum absolute atomic E-state index is 12.6. The van der Waals surface area contributed by atoms with E-state index in [2.05, 4.69) is 23.2 Å². The third-order valence-corrected chi connectivity index (χ3v) is 5.98. The Morgan fingerprint density at radius 3 is 2.66 bits per heavy atom. The minimum atomic E-state index is -0.167. The second kappa shape index (κ2) is 11.9. The molecular weight excluding hydrogens is 408 g/mol. The van der Waals surface area contributed by atoms with Gasteiger partial charge in [-0.15, -0.1) is 0 Å². The van der Waals surface area contributed by atoms with Crippen molar-refractivity contribution in [2.24, 2.45) is 0 Å². The Kier molecular flexibility index (Phi) is 9.00. The first kappa shape index (κ1) is 24.1. The molecule has 1 N–H and O–H groups in total. The van der Waals surface area contributed by atoms with E-state index in [1.54, 1.807) is 32.4 Å². The number of carbonyl (C=O) groups excluding carboxylic acids is 1. The van der Waals surface area contributed by atoms with E-state index in [-0.39, 0.29) is 12.0 Å². The van der Waals surface area contributed by atoms with Crippen molar-refractivity contribution in [3.63, 3.8) is 0 Å². The standard InChI is InChI=1S/C25H36N2O5/c1-18(23-8-5-19(2)31-23)9-13-27-14-10-20(11-15-27)32-24-17-21(30-4)6-7-22(24)25(28)26-12-16-29-3/h5-8,17-18,20H,9-16H2,1-4H3,(H,26,28)/t18-/m0/s1. The predicted molar refractivity (Wildman–Crippen MR) is 124 cm³/mol. The highest BCUT2D eigenvalue weighted by Crippen LogP contribution is 2.28. The number of aryl methyl sites for hydroxylation is 1. The summed E-state index contributed by atoms with van der Waals surface area (Å²) >= 11 is 0. The lowest BCUT2D eigenvalue weighted by atomic mass is 10.0. The highest BCUT2D eigenvalue weighted by molar-refractivity contribution is 5.97. The lowest BCUT2D eigenvalue weighted by Gasteiger charge is -2.33. The normalized spacial score (nSPS) is 16.0. The first-order valence-corrected chi connectivity index (χ1v) is 11.4. The lowest BCUT2D eigenvalue weighted by molar-refractivity contribution is 0.0888. The van der Waals surface area contributed by atoms with Gasteiger partial charge in [0.2, 0.25) is 0 Å². The number of ether oxygens (including phenoxy) is 3. The topological polar surface area (TPSA) is 73.2 Å². The monoisotopic (exact) mass is 444 g/mol. The largest absolute Gasteiger partial charge is 0.497 e. The summed E-state index contributed by atoms with van der Waals surface area (Å²) in [6.45, 7) is 8.12. The number of nitrogens with zero attached hydrogens (tertiary/aromatic N) is 1. The average molecular weight is 445 g/mol. The number of carbonyl (C=O) groups is 1. The molecule has 2 heterocycles. The van der Waals surface area contributed by atoms with Crippen LogP contribution in [0.4, 0.5) is 0 Å². The van der Waals surface area contributed by atoms with Crippen LogP contribution in [-0.2, 0) is 4.74 Å². The van der Waals surface area contributed by atoms with Gasteiger partial charge in [0, 0.05) is 38.7 Å². The number of furan rings is 1. The molecule has 7 nitrogen and oxygen atoms in total. The fourth-order valence-corrected chi connectivity index (χ4v) is 3.94. The maximum atomic E-state index is 12.6. The minimum Gasteiger partial charge on any atom is -0.497 e. The molecule has 1 aromatic carbocycles. The summed E-state index contributed by atoms with van der Waals surface area (Å²) in [6, 6.07) is 9.44. The Morgan fingerprint density at radius 2 is 2.00 bits per heavy atom. The van der Waals surface area contributed by atoms with Gasteiger partial charge in [-0.1, -0.05) is 6.92 Å². The molecule has 1 aliphatic heterocycles. The van der Waals surface area contributed by atoms with Gasteiger partial charge in [-0.2, -0.15) is 0 Å². The van der Waals surface area contributed by atoms with Crippen molar-refractivity contribution < 1.29 is 23.4 Å². The number of methoxy groups -OCH3 is 2. The molecule has 1 saturated heterocycles. The second-order valence-corrected chi connectivity index (χ2v) is 8.41. The van der Waals surface area contributed by atoms with Gasteiger partial charge in [0.1, 0.15) is 29.1 Å². The number of piperidine rings is 1. The molecule has 1 fully saturated rings. The molecule has 0 radical (unpaired) electrons. The van der Waals surface area contributed by atoms with E-state index in [0.29, 0.717) is 36.1 Å². The molecule has 1 atom stereocenters. The molecule has 1 aliphatic rings. The number of benzene rings is 1. The minimum absolute atomic E-state index is 0.0778. The van der Waals surface area contributed by atoms with Gasteiger partial charge in [-0.3, -0.25) is 4.79 Å². The zero-order chi connectivity index (χ0) is 22.9. The highest BCUT2D eigenvalue weighted by atomic mass is 16.5. The Morgan fingerprint density at radius 1 is 1.22 bits per heavy atom. The Bertz CT molecular complexity index is 858. The molecule has 0 aliphatic carbocycles. The Balaban J connectivity index is 1.52. The summed E-state index contributed by atoms with van der Waals surface area (Å²) in [6.07, 6.45) is 3.00. The molecular formula is C25H36N2O5. The van der Waals surface area contributed by atoms with Gasteiger partial charge >= 0.3 is 0 Å². The van der Waals surface area contributed by atoms with Crippen LogP contribution in [0, 0.1) is 6.92 Å². The zero-order valence-corrected chi connectivity index (χ0v) is 19.7. The number of hydrogen-bond acceptors (Lipinski definition) is 6. The summed E-state index contributed by atoms with van der Waals surface area (Å²) in [4.78, 5) is 15.1. The zero-order valence-electron chi connectivity index (χ0n) is 19.7. The SMILES string of the molecule is COCCNC(=O)c1ccc(OC)cc1OC1CCN(CC[C@H](C)c2ccc(C)o2)CC1. The van der Waals surface area contributed by atoms with Crippen LogP contribution in [0.5, 0.6) is 11.5 Å². The van der Waals surface area contributed by atoms with E-state index in [1.165, 1.54) is 0 Å². The van der Waals surface area contributed by atoms with E-state index in [9.17, 15) is 4.79 Å². The fourth-order valence-electron chi connectivity index (χ4n) is 3.94. The molecule has 0 bridgehead atoms. The third kappa shape index (κ3) is 6.74. The molecule has 2 aromatic rings. The van der Waals surface area contributed by atoms with Crippen molar-refractivity contribution in [3.05, 3.63) is 47.4 Å². The van der Waals surface area contributed by atoms with Gasteiger partial charge in [0.15, 0.2) is 0 Å². The van der Waals surface area contributed by atoms with Crippen molar-refractivity contribution in [2.45, 2.75) is 45.1 Å². The van der Waals surface area contributed by atoms with Crippen LogP contribution in [0.2, 0.25) is 0 Å². The smallest absolute Gasteiger partial charge is 0.255 e. The molecule has 0 saturated carbocycles. The van der Waals surface area contributed by atoms with Gasteiger partial charge in [0.05, 0.1) is 19.3 Å². The number of rotatable bonds is 11. The van der Waals surface area contributed by atoms with Gasteiger partial charge in [0.25, 0.3) is 5.91 Å². The fraction of sp³-hybridized carbons (Fsp3) is 0.560. The van der Waals surface area contributed by atoms with Gasteiger partial charge in [-0.25, -0.2) is 0 Å². The highest BCUT2D eigenvalue weighted by Gasteiger charge is 2.23. The molecule has 7 heteroatoms. The van der Waals surface area contributed by atoms with E-state index < -0.39 is 0 Å². The van der Waals surface area contributed by atoms with Crippen molar-refractivity contribution in [1.82, 2.24) is 10.2 Å². The summed E-state index contributed by atoms with van der Waals surface area (Å²) in [5, 5.41) is 2.86. The van der Waals surface area contributed by atoms with Crippen LogP contribution in [0.3, 0.4) is 0 Å². The van der Waals surface area contributed by atoms with Crippen molar-refractivity contribution >= 4 is 5.91 Å². The van der Waals surface area contributed by atoms with Gasteiger partial charge < -0.3 is 28.8 Å². The van der Waals surface area contributed by atoms with Crippen LogP contribution in [0.15, 0.2) is 34.7 Å². The van der Waals surface area contributed by atoms with Crippen LogP contribution in [-0.4, -0.2) is 63.9 Å². The van der Waals surface area contributed by atoms with Crippen LogP contribution < -0.4 is 14.8 Å². The predicted octanol–water partition coefficient (Wildman–Crippen LogP) is 4.01. The Labute approximate surface area is 191 Å². The molecule has 1 amide bonds. The summed E-state index contributed by atoms with van der Waals surface area (Å²) < 4.78 is 22.4. The van der Waals surface area contributed by atoms with E-state index >= 15 is 0 Å². The second-order valence-electron chi connectivity index (χ2n) is 8.41. The first-order chi connectivity index (χ1) is 15.5. The van der Waals surface area contributed by atoms with Crippen molar-refractivity contribution in [1.29, 1.82) is 0 Å². The number of likely N-dealkylation sites (tertiary alicyclic amines) is 1. The summed E-state index contributed by atoms with van der Waals surface area (Å²) in [5.74, 6) is 3.52. The molecule has 176 valence electrons. The van der Waals surface area contributed by atoms with Crippen LogP contribution >= 0.6 is 0 Å². The molecule has 32 heavy (non-hydrogen) atoms. The maximum Gasteiger partial charge on any atom is 0.255 e. The Hall–Kier alpha value is -2.51. The van der Waals surface area contributed by atoms with E-state index in [1.807, 2.05) is 13.0 Å². The van der Waals surface area contributed by atoms with E-state index in [4.69, 9.17) is 18.6 Å². The number of amides is 1. The van der Waals surface area contributed by atoms with E-state index in [0.717, 1.165) is 50.4 Å². The first-order valence-electron chi connectivity index (χ1n) is 11.4. The number of hydrogen-bond donors (Lipinski definition) is 1. The van der Waals surface area contributed by atoms with Crippen molar-refractivity contribution in [2.75, 3.05) is 47.0 Å². The van der Waals surface area contributed by atoms with Crippen LogP contribution in [0.25, 0.3) is 0 Å². The lowest BCUT2D eigenvalue weighted by Crippen LogP contribution is -2.39. The quantitative estimate of drug-likeness (QED) is 0.528. The van der Waals surface area contributed by atoms with Gasteiger partial charge in [-0.05, 0) is 57.0 Å². The molecule has 1 aromatic heterocycles.